The largest absolute Gasteiger partial charge is 0.314 e. The predicted octanol–water partition coefficient (Wildman–Crippen LogP) is 4.33. The molecule has 1 fully saturated rings. The van der Waals surface area contributed by atoms with Gasteiger partial charge in [-0.25, -0.2) is 0 Å². The molecule has 5 atom stereocenters. The van der Waals surface area contributed by atoms with Gasteiger partial charge in [0.05, 0.1) is 0 Å². The monoisotopic (exact) mass is 239 g/mol. The molecule has 0 radical (unpaired) electrons. The number of hydrogen-bond acceptors (Lipinski definition) is 1. The standard InChI is InChI=1S/C16H33N/c1-7-8-12(4)14(6)17-10-9-15-13(5)16(15)11(2)3/h11-17H,7-10H2,1-6H3. The SMILES string of the molecule is CCCC(C)C(C)NCCC1C(C)C1C(C)C. The first-order chi connectivity index (χ1) is 7.99. The van der Waals surface area contributed by atoms with Crippen molar-refractivity contribution in [1.82, 2.24) is 5.32 Å². The molecule has 5 unspecified atom stereocenters. The second kappa shape index (κ2) is 6.78. The summed E-state index contributed by atoms with van der Waals surface area (Å²) in [5.74, 6) is 4.67. The van der Waals surface area contributed by atoms with E-state index in [1.807, 2.05) is 0 Å². The highest BCUT2D eigenvalue weighted by Gasteiger charge is 2.47. The van der Waals surface area contributed by atoms with Gasteiger partial charge in [0.15, 0.2) is 0 Å². The zero-order chi connectivity index (χ0) is 13.0. The molecule has 0 heterocycles. The molecule has 1 N–H and O–H groups in total. The summed E-state index contributed by atoms with van der Waals surface area (Å²) >= 11 is 0. The van der Waals surface area contributed by atoms with Gasteiger partial charge in [-0.05, 0) is 55.9 Å². The van der Waals surface area contributed by atoms with Crippen LogP contribution < -0.4 is 5.32 Å². The van der Waals surface area contributed by atoms with Crippen molar-refractivity contribution in [1.29, 1.82) is 0 Å². The van der Waals surface area contributed by atoms with Gasteiger partial charge < -0.3 is 5.32 Å². The van der Waals surface area contributed by atoms with Crippen molar-refractivity contribution in [3.8, 4) is 0 Å². The Morgan fingerprint density at radius 2 is 1.76 bits per heavy atom. The van der Waals surface area contributed by atoms with E-state index in [1.165, 1.54) is 25.8 Å². The Labute approximate surface area is 109 Å². The second-order valence-corrected chi connectivity index (χ2v) is 6.64. The van der Waals surface area contributed by atoms with Crippen LogP contribution in [-0.4, -0.2) is 12.6 Å². The molecule has 0 aromatic rings. The van der Waals surface area contributed by atoms with E-state index >= 15 is 0 Å². The zero-order valence-electron chi connectivity index (χ0n) is 12.8. The van der Waals surface area contributed by atoms with Gasteiger partial charge in [0, 0.05) is 6.04 Å². The average Bonchev–Trinajstić information content (AvgIpc) is 2.89. The highest BCUT2D eigenvalue weighted by molar-refractivity contribution is 4.95. The van der Waals surface area contributed by atoms with Crippen LogP contribution in [0.2, 0.25) is 0 Å². The summed E-state index contributed by atoms with van der Waals surface area (Å²) in [6, 6.07) is 0.682. The lowest BCUT2D eigenvalue weighted by molar-refractivity contribution is 0.367. The Bertz CT molecular complexity index is 212. The summed E-state index contributed by atoms with van der Waals surface area (Å²) < 4.78 is 0. The van der Waals surface area contributed by atoms with E-state index in [9.17, 15) is 0 Å². The molecule has 1 aliphatic rings. The maximum absolute atomic E-state index is 3.72. The van der Waals surface area contributed by atoms with Crippen molar-refractivity contribution in [3.63, 3.8) is 0 Å². The van der Waals surface area contributed by atoms with Gasteiger partial charge in [-0.1, -0.05) is 41.0 Å². The topological polar surface area (TPSA) is 12.0 Å². The molecule has 102 valence electrons. The lowest BCUT2D eigenvalue weighted by Crippen LogP contribution is -2.33. The molecule has 0 aliphatic heterocycles. The van der Waals surface area contributed by atoms with Crippen LogP contribution >= 0.6 is 0 Å². The fraction of sp³-hybridized carbons (Fsp3) is 1.00. The van der Waals surface area contributed by atoms with Crippen molar-refractivity contribution < 1.29 is 0 Å². The highest BCUT2D eigenvalue weighted by atomic mass is 14.9. The minimum Gasteiger partial charge on any atom is -0.314 e. The van der Waals surface area contributed by atoms with Crippen LogP contribution in [0.25, 0.3) is 0 Å². The van der Waals surface area contributed by atoms with Crippen molar-refractivity contribution in [3.05, 3.63) is 0 Å². The van der Waals surface area contributed by atoms with Crippen LogP contribution in [0.3, 0.4) is 0 Å². The summed E-state index contributed by atoms with van der Waals surface area (Å²) in [6.07, 6.45) is 4.04. The van der Waals surface area contributed by atoms with Crippen molar-refractivity contribution in [2.24, 2.45) is 29.6 Å². The summed E-state index contributed by atoms with van der Waals surface area (Å²) in [5, 5.41) is 3.72. The van der Waals surface area contributed by atoms with Gasteiger partial charge in [0.1, 0.15) is 0 Å². The van der Waals surface area contributed by atoms with E-state index in [2.05, 4.69) is 46.9 Å². The zero-order valence-corrected chi connectivity index (χ0v) is 12.8. The number of rotatable bonds is 8. The Kier molecular flexibility index (Phi) is 5.99. The summed E-state index contributed by atoms with van der Waals surface area (Å²) in [7, 11) is 0. The van der Waals surface area contributed by atoms with Gasteiger partial charge in [0.25, 0.3) is 0 Å². The molecule has 0 aromatic heterocycles. The molecule has 1 heteroatoms. The minimum absolute atomic E-state index is 0.682. The third kappa shape index (κ3) is 4.28. The van der Waals surface area contributed by atoms with Gasteiger partial charge in [-0.15, -0.1) is 0 Å². The first kappa shape index (κ1) is 15.0. The summed E-state index contributed by atoms with van der Waals surface area (Å²) in [5.41, 5.74) is 0. The Hall–Kier alpha value is -0.0400. The Morgan fingerprint density at radius 1 is 1.12 bits per heavy atom. The quantitative estimate of drug-likeness (QED) is 0.665. The van der Waals surface area contributed by atoms with Crippen LogP contribution in [0.4, 0.5) is 0 Å². The van der Waals surface area contributed by atoms with E-state index < -0.39 is 0 Å². The molecule has 0 aromatic carbocycles. The number of hydrogen-bond donors (Lipinski definition) is 1. The molecule has 1 rings (SSSR count). The van der Waals surface area contributed by atoms with E-state index in [0.29, 0.717) is 6.04 Å². The average molecular weight is 239 g/mol. The van der Waals surface area contributed by atoms with Gasteiger partial charge in [-0.3, -0.25) is 0 Å². The highest BCUT2D eigenvalue weighted by Crippen LogP contribution is 2.52. The second-order valence-electron chi connectivity index (χ2n) is 6.64. The molecule has 0 amide bonds. The molecule has 17 heavy (non-hydrogen) atoms. The smallest absolute Gasteiger partial charge is 0.00643 e. The van der Waals surface area contributed by atoms with Crippen molar-refractivity contribution >= 4 is 0 Å². The summed E-state index contributed by atoms with van der Waals surface area (Å²) in [6.45, 7) is 15.4. The Morgan fingerprint density at radius 3 is 2.24 bits per heavy atom. The third-order valence-electron chi connectivity index (χ3n) is 4.95. The molecular formula is C16H33N. The lowest BCUT2D eigenvalue weighted by Gasteiger charge is -2.20. The van der Waals surface area contributed by atoms with E-state index in [0.717, 1.165) is 29.6 Å². The lowest BCUT2D eigenvalue weighted by atomic mass is 9.98. The van der Waals surface area contributed by atoms with E-state index in [-0.39, 0.29) is 0 Å². The van der Waals surface area contributed by atoms with Crippen LogP contribution in [0.5, 0.6) is 0 Å². The van der Waals surface area contributed by atoms with E-state index in [4.69, 9.17) is 0 Å². The maximum Gasteiger partial charge on any atom is 0.00643 e. The van der Waals surface area contributed by atoms with Crippen molar-refractivity contribution in [2.75, 3.05) is 6.54 Å². The fourth-order valence-electron chi connectivity index (χ4n) is 3.52. The fourth-order valence-corrected chi connectivity index (χ4v) is 3.52. The van der Waals surface area contributed by atoms with Crippen LogP contribution in [0.1, 0.15) is 60.8 Å². The molecule has 0 spiro atoms. The molecule has 1 aliphatic carbocycles. The third-order valence-corrected chi connectivity index (χ3v) is 4.95. The molecule has 0 bridgehead atoms. The maximum atomic E-state index is 3.72. The van der Waals surface area contributed by atoms with Crippen LogP contribution in [0.15, 0.2) is 0 Å². The van der Waals surface area contributed by atoms with Gasteiger partial charge in [0.2, 0.25) is 0 Å². The molecular weight excluding hydrogens is 206 g/mol. The summed E-state index contributed by atoms with van der Waals surface area (Å²) in [4.78, 5) is 0. The molecule has 1 saturated carbocycles. The molecule has 1 nitrogen and oxygen atoms in total. The minimum atomic E-state index is 0.682. The van der Waals surface area contributed by atoms with Crippen LogP contribution in [0, 0.1) is 29.6 Å². The first-order valence-corrected chi connectivity index (χ1v) is 7.72. The predicted molar refractivity (Wildman–Crippen MR) is 77.1 cm³/mol. The normalized spacial score (nSPS) is 31.6. The van der Waals surface area contributed by atoms with Gasteiger partial charge >= 0.3 is 0 Å². The first-order valence-electron chi connectivity index (χ1n) is 7.72. The van der Waals surface area contributed by atoms with Crippen LogP contribution in [-0.2, 0) is 0 Å². The van der Waals surface area contributed by atoms with Crippen molar-refractivity contribution in [2.45, 2.75) is 66.8 Å². The Balaban J connectivity index is 2.12. The van der Waals surface area contributed by atoms with E-state index in [1.54, 1.807) is 0 Å². The molecule has 0 saturated heterocycles. The van der Waals surface area contributed by atoms with Gasteiger partial charge in [-0.2, -0.15) is 0 Å². The number of nitrogens with one attached hydrogen (secondary N) is 1.